The highest BCUT2D eigenvalue weighted by molar-refractivity contribution is 7.99. The molecule has 0 radical (unpaired) electrons. The third-order valence-electron chi connectivity index (χ3n) is 3.69. The molecule has 0 bridgehead atoms. The van der Waals surface area contributed by atoms with Gasteiger partial charge in [0.05, 0.1) is 13.2 Å². The van der Waals surface area contributed by atoms with Gasteiger partial charge in [-0.3, -0.25) is 0 Å². The minimum atomic E-state index is -1.13. The van der Waals surface area contributed by atoms with Crippen molar-refractivity contribution < 1.29 is 28.9 Å². The Morgan fingerprint density at radius 2 is 1.68 bits per heavy atom. The second kappa shape index (κ2) is 11.9. The zero-order valence-electron chi connectivity index (χ0n) is 15.4. The topological polar surface area (TPSA) is 94.1 Å². The largest absolute Gasteiger partial charge is 0.508 e. The van der Waals surface area contributed by atoms with Gasteiger partial charge in [0.2, 0.25) is 0 Å². The molecule has 1 amide bonds. The number of rotatable bonds is 9. The molecule has 0 aromatic heterocycles. The Balaban J connectivity index is 1.91. The molecule has 2 rings (SSSR count). The van der Waals surface area contributed by atoms with E-state index in [-0.39, 0.29) is 13.2 Å². The summed E-state index contributed by atoms with van der Waals surface area (Å²) in [6.45, 7) is -0.203. The van der Waals surface area contributed by atoms with E-state index in [2.05, 4.69) is 10.1 Å². The van der Waals surface area contributed by atoms with Crippen LogP contribution < -0.4 is 5.32 Å². The molecule has 0 saturated carbocycles. The first-order valence-corrected chi connectivity index (χ1v) is 9.61. The number of alkyl carbamates (subject to hydrolysis) is 1. The van der Waals surface area contributed by atoms with E-state index in [1.807, 2.05) is 60.7 Å². The van der Waals surface area contributed by atoms with Crippen LogP contribution >= 0.6 is 11.8 Å². The number of nitrogens with one attached hydrogen (secondary N) is 1. The molecule has 0 fully saturated rings. The summed E-state index contributed by atoms with van der Waals surface area (Å²) in [5.41, 5.74) is 0.849. The number of methoxy groups -OCH3 is 1. The van der Waals surface area contributed by atoms with Gasteiger partial charge in [0.25, 0.3) is 0 Å². The van der Waals surface area contributed by atoms with Crippen LogP contribution in [0, 0.1) is 0 Å². The van der Waals surface area contributed by atoms with Gasteiger partial charge in [0.1, 0.15) is 19.3 Å². The Kier molecular flexibility index (Phi) is 9.17. The third-order valence-corrected chi connectivity index (χ3v) is 4.82. The van der Waals surface area contributed by atoms with Crippen molar-refractivity contribution in [1.82, 2.24) is 5.32 Å². The number of carbonyl (C=O) groups excluding carboxylic acids is 2. The predicted molar refractivity (Wildman–Crippen MR) is 105 cm³/mol. The van der Waals surface area contributed by atoms with Crippen molar-refractivity contribution in [3.8, 4) is 0 Å². The van der Waals surface area contributed by atoms with Gasteiger partial charge < -0.3 is 24.6 Å². The molecule has 0 spiro atoms. The van der Waals surface area contributed by atoms with Gasteiger partial charge in [0, 0.05) is 10.6 Å². The van der Waals surface area contributed by atoms with Crippen LogP contribution in [0.2, 0.25) is 0 Å². The summed E-state index contributed by atoms with van der Waals surface area (Å²) in [5, 5.41) is 13.0. The zero-order valence-corrected chi connectivity index (χ0v) is 16.3. The molecule has 150 valence electrons. The summed E-state index contributed by atoms with van der Waals surface area (Å²) < 4.78 is 14.4. The molecule has 0 aliphatic carbocycles. The van der Waals surface area contributed by atoms with E-state index in [4.69, 9.17) is 9.47 Å². The van der Waals surface area contributed by atoms with E-state index in [0.717, 1.165) is 10.5 Å². The van der Waals surface area contributed by atoms with Crippen molar-refractivity contribution in [2.45, 2.75) is 23.6 Å². The molecule has 2 atom stereocenters. The third kappa shape index (κ3) is 7.89. The lowest BCUT2D eigenvalue weighted by molar-refractivity contribution is 0.0179. The van der Waals surface area contributed by atoms with Crippen LogP contribution in [-0.4, -0.2) is 49.0 Å². The molecule has 2 unspecified atom stereocenters. The predicted octanol–water partition coefficient (Wildman–Crippen LogP) is 3.22. The second-order valence-corrected chi connectivity index (χ2v) is 6.86. The fourth-order valence-corrected chi connectivity index (χ4v) is 3.22. The van der Waals surface area contributed by atoms with Gasteiger partial charge in [-0.15, -0.1) is 11.8 Å². The zero-order chi connectivity index (χ0) is 20.2. The molecule has 0 saturated heterocycles. The number of aliphatic hydroxyl groups excluding tert-OH is 1. The standard InChI is InChI=1S/C20H23NO6S/c1-25-20(24)27-13-18(22)17(14-28-16-10-6-3-7-11-16)21-19(23)26-12-15-8-4-2-5-9-15/h2-11,17-18,22H,12-14H2,1H3,(H,21,23). The maximum atomic E-state index is 12.2. The molecular weight excluding hydrogens is 382 g/mol. The number of benzene rings is 2. The maximum Gasteiger partial charge on any atom is 0.508 e. The first-order valence-electron chi connectivity index (χ1n) is 8.62. The Hall–Kier alpha value is -2.71. The number of aliphatic hydroxyl groups is 1. The van der Waals surface area contributed by atoms with Gasteiger partial charge in [-0.05, 0) is 17.7 Å². The molecule has 2 aromatic rings. The summed E-state index contributed by atoms with van der Waals surface area (Å²) >= 11 is 1.45. The Labute approximate surface area is 168 Å². The van der Waals surface area contributed by atoms with Gasteiger partial charge in [-0.25, -0.2) is 9.59 Å². The van der Waals surface area contributed by atoms with Gasteiger partial charge in [0.15, 0.2) is 0 Å². The Morgan fingerprint density at radius 1 is 1.04 bits per heavy atom. The van der Waals surface area contributed by atoms with Crippen LogP contribution in [0.5, 0.6) is 0 Å². The Morgan fingerprint density at radius 3 is 2.32 bits per heavy atom. The van der Waals surface area contributed by atoms with Gasteiger partial charge in [-0.1, -0.05) is 48.5 Å². The number of ether oxygens (including phenoxy) is 3. The normalized spacial score (nSPS) is 12.5. The van der Waals surface area contributed by atoms with Crippen LogP contribution in [0.4, 0.5) is 9.59 Å². The monoisotopic (exact) mass is 405 g/mol. The summed E-state index contributed by atoms with van der Waals surface area (Å²) in [6, 6.07) is 18.1. The average Bonchev–Trinajstić information content (AvgIpc) is 2.74. The smallest absolute Gasteiger partial charge is 0.445 e. The van der Waals surface area contributed by atoms with Crippen molar-refractivity contribution >= 4 is 24.0 Å². The fourth-order valence-electron chi connectivity index (χ4n) is 2.20. The summed E-state index contributed by atoms with van der Waals surface area (Å²) in [5.74, 6) is 0.357. The molecule has 0 aliphatic rings. The molecule has 7 nitrogen and oxygen atoms in total. The minimum absolute atomic E-state index is 0.111. The maximum absolute atomic E-state index is 12.2. The lowest BCUT2D eigenvalue weighted by Crippen LogP contribution is -2.47. The van der Waals surface area contributed by atoms with E-state index in [0.29, 0.717) is 5.75 Å². The van der Waals surface area contributed by atoms with Gasteiger partial charge >= 0.3 is 12.2 Å². The van der Waals surface area contributed by atoms with E-state index in [1.165, 1.54) is 18.9 Å². The number of hydrogen-bond acceptors (Lipinski definition) is 7. The molecular formula is C20H23NO6S. The van der Waals surface area contributed by atoms with E-state index in [9.17, 15) is 14.7 Å². The molecule has 0 aliphatic heterocycles. The fraction of sp³-hybridized carbons (Fsp3) is 0.300. The molecule has 2 N–H and O–H groups in total. The Bertz CT molecular complexity index is 728. The van der Waals surface area contributed by atoms with Crippen molar-refractivity contribution in [1.29, 1.82) is 0 Å². The quantitative estimate of drug-likeness (QED) is 0.489. The number of carbonyl (C=O) groups is 2. The molecule has 8 heteroatoms. The minimum Gasteiger partial charge on any atom is -0.445 e. The first-order chi connectivity index (χ1) is 13.6. The summed E-state index contributed by atoms with van der Waals surface area (Å²) in [4.78, 5) is 24.3. The highest BCUT2D eigenvalue weighted by Gasteiger charge is 2.24. The van der Waals surface area contributed by atoms with Gasteiger partial charge in [-0.2, -0.15) is 0 Å². The van der Waals surface area contributed by atoms with Crippen LogP contribution in [0.1, 0.15) is 5.56 Å². The molecule has 28 heavy (non-hydrogen) atoms. The van der Waals surface area contributed by atoms with Crippen molar-refractivity contribution in [3.63, 3.8) is 0 Å². The van der Waals surface area contributed by atoms with Crippen molar-refractivity contribution in [2.75, 3.05) is 19.5 Å². The SMILES string of the molecule is COC(=O)OCC(O)C(CSc1ccccc1)NC(=O)OCc1ccccc1. The lowest BCUT2D eigenvalue weighted by atomic mass is 10.2. The first kappa shape index (κ1) is 21.6. The van der Waals surface area contributed by atoms with Crippen molar-refractivity contribution in [3.05, 3.63) is 66.2 Å². The average molecular weight is 405 g/mol. The number of thioether (sulfide) groups is 1. The molecule has 2 aromatic carbocycles. The van der Waals surface area contributed by atoms with Crippen LogP contribution in [0.25, 0.3) is 0 Å². The van der Waals surface area contributed by atoms with E-state index >= 15 is 0 Å². The van der Waals surface area contributed by atoms with E-state index in [1.54, 1.807) is 0 Å². The highest BCUT2D eigenvalue weighted by Crippen LogP contribution is 2.19. The van der Waals surface area contributed by atoms with Crippen molar-refractivity contribution in [2.24, 2.45) is 0 Å². The van der Waals surface area contributed by atoms with E-state index < -0.39 is 24.4 Å². The lowest BCUT2D eigenvalue weighted by Gasteiger charge is -2.23. The highest BCUT2D eigenvalue weighted by atomic mass is 32.2. The van der Waals surface area contributed by atoms with Crippen LogP contribution in [0.3, 0.4) is 0 Å². The summed E-state index contributed by atoms with van der Waals surface area (Å²) in [6.07, 6.45) is -2.70. The van der Waals surface area contributed by atoms with Crippen LogP contribution in [-0.2, 0) is 20.8 Å². The van der Waals surface area contributed by atoms with Crippen LogP contribution in [0.15, 0.2) is 65.6 Å². The number of amides is 1. The number of hydrogen-bond donors (Lipinski definition) is 2. The summed E-state index contributed by atoms with van der Waals surface area (Å²) in [7, 11) is 1.18. The molecule has 0 heterocycles. The second-order valence-electron chi connectivity index (χ2n) is 5.77.